The van der Waals surface area contributed by atoms with Crippen LogP contribution in [0, 0.1) is 5.92 Å². The Hall–Kier alpha value is -1.89. The van der Waals surface area contributed by atoms with Gasteiger partial charge in [0.2, 0.25) is 5.91 Å². The van der Waals surface area contributed by atoms with E-state index >= 15 is 0 Å². The smallest absolute Gasteiger partial charge is 0.254 e. The zero-order valence-corrected chi connectivity index (χ0v) is 16.9. The van der Waals surface area contributed by atoms with Crippen molar-refractivity contribution in [2.75, 3.05) is 11.5 Å². The molecule has 0 bridgehead atoms. The molecule has 0 radical (unpaired) electrons. The van der Waals surface area contributed by atoms with Crippen molar-refractivity contribution in [3.8, 4) is 0 Å². The number of nitrogens with one attached hydrogen (secondary N) is 1. The van der Waals surface area contributed by atoms with Crippen LogP contribution in [0.15, 0.2) is 24.3 Å². The second-order valence-electron chi connectivity index (χ2n) is 8.40. The maximum absolute atomic E-state index is 13.0. The zero-order valence-electron chi connectivity index (χ0n) is 16.1. The predicted octanol–water partition coefficient (Wildman–Crippen LogP) is 2.28. The lowest BCUT2D eigenvalue weighted by Crippen LogP contribution is -2.42. The summed E-state index contributed by atoms with van der Waals surface area (Å²) in [5.41, 5.74) is 1.55. The Labute approximate surface area is 166 Å². The van der Waals surface area contributed by atoms with Gasteiger partial charge in [0.1, 0.15) is 0 Å². The van der Waals surface area contributed by atoms with Gasteiger partial charge in [-0.2, -0.15) is 0 Å². The molecule has 1 heterocycles. The maximum Gasteiger partial charge on any atom is 0.254 e. The van der Waals surface area contributed by atoms with Crippen LogP contribution < -0.4 is 5.32 Å². The van der Waals surface area contributed by atoms with Gasteiger partial charge in [0.25, 0.3) is 5.91 Å². The third kappa shape index (κ3) is 4.40. The van der Waals surface area contributed by atoms with Crippen molar-refractivity contribution in [1.82, 2.24) is 10.2 Å². The number of carbonyl (C=O) groups excluding carboxylic acids is 2. The summed E-state index contributed by atoms with van der Waals surface area (Å²) in [6, 6.07) is 7.31. The molecule has 1 N–H and O–H groups in total. The average molecular weight is 405 g/mol. The molecule has 2 amide bonds. The Morgan fingerprint density at radius 2 is 1.64 bits per heavy atom. The lowest BCUT2D eigenvalue weighted by molar-refractivity contribution is -0.124. The van der Waals surface area contributed by atoms with Gasteiger partial charge in [-0.1, -0.05) is 25.0 Å². The molecular formula is C21H28N2O4S. The summed E-state index contributed by atoms with van der Waals surface area (Å²) in [4.78, 5) is 27.0. The molecule has 4 rings (SSSR count). The first kappa shape index (κ1) is 19.4. The van der Waals surface area contributed by atoms with Crippen molar-refractivity contribution in [2.45, 2.75) is 63.6 Å². The van der Waals surface area contributed by atoms with E-state index in [1.54, 1.807) is 17.0 Å². The summed E-state index contributed by atoms with van der Waals surface area (Å²) in [5.74, 6) is 0.454. The molecule has 1 aromatic rings. The minimum Gasteiger partial charge on any atom is -0.352 e. The number of benzene rings is 1. The molecule has 152 valence electrons. The number of sulfone groups is 1. The van der Waals surface area contributed by atoms with Gasteiger partial charge < -0.3 is 10.2 Å². The molecular weight excluding hydrogens is 376 g/mol. The van der Waals surface area contributed by atoms with Gasteiger partial charge in [-0.15, -0.1) is 0 Å². The van der Waals surface area contributed by atoms with Gasteiger partial charge in [-0.25, -0.2) is 8.42 Å². The van der Waals surface area contributed by atoms with E-state index in [9.17, 15) is 18.0 Å². The highest BCUT2D eigenvalue weighted by Gasteiger charge is 2.42. The molecule has 6 nitrogen and oxygen atoms in total. The fraction of sp³-hybridized carbons (Fsp3) is 0.619. The zero-order chi connectivity index (χ0) is 19.7. The molecule has 2 saturated carbocycles. The van der Waals surface area contributed by atoms with Gasteiger partial charge in [-0.05, 0) is 49.8 Å². The molecule has 2 aliphatic carbocycles. The fourth-order valence-electron chi connectivity index (χ4n) is 4.41. The van der Waals surface area contributed by atoms with E-state index in [0.717, 1.165) is 44.1 Å². The molecule has 1 atom stereocenters. The van der Waals surface area contributed by atoms with Crippen LogP contribution >= 0.6 is 0 Å². The van der Waals surface area contributed by atoms with Crippen molar-refractivity contribution in [2.24, 2.45) is 5.92 Å². The largest absolute Gasteiger partial charge is 0.352 e. The monoisotopic (exact) mass is 404 g/mol. The van der Waals surface area contributed by atoms with Crippen LogP contribution in [0.1, 0.15) is 60.9 Å². The normalized spacial score (nSPS) is 24.2. The van der Waals surface area contributed by atoms with E-state index in [0.29, 0.717) is 18.5 Å². The van der Waals surface area contributed by atoms with E-state index in [1.807, 2.05) is 12.1 Å². The molecule has 1 unspecified atom stereocenters. The molecule has 7 heteroatoms. The fourth-order valence-corrected chi connectivity index (χ4v) is 6.12. The molecule has 1 saturated heterocycles. The Morgan fingerprint density at radius 3 is 2.21 bits per heavy atom. The van der Waals surface area contributed by atoms with Gasteiger partial charge in [0.05, 0.1) is 11.5 Å². The highest BCUT2D eigenvalue weighted by molar-refractivity contribution is 7.91. The third-order valence-electron chi connectivity index (χ3n) is 6.17. The summed E-state index contributed by atoms with van der Waals surface area (Å²) in [6.07, 6.45) is 6.67. The van der Waals surface area contributed by atoms with Gasteiger partial charge in [-0.3, -0.25) is 9.59 Å². The Balaban J connectivity index is 1.38. The van der Waals surface area contributed by atoms with E-state index < -0.39 is 9.84 Å². The molecule has 1 aromatic carbocycles. The van der Waals surface area contributed by atoms with Crippen molar-refractivity contribution >= 4 is 21.7 Å². The van der Waals surface area contributed by atoms with E-state index in [-0.39, 0.29) is 41.3 Å². The van der Waals surface area contributed by atoms with Crippen LogP contribution in [-0.2, 0) is 21.2 Å². The summed E-state index contributed by atoms with van der Waals surface area (Å²) in [7, 11) is -3.03. The second kappa shape index (κ2) is 7.85. The van der Waals surface area contributed by atoms with Gasteiger partial charge >= 0.3 is 0 Å². The van der Waals surface area contributed by atoms with Gasteiger partial charge in [0.15, 0.2) is 9.84 Å². The van der Waals surface area contributed by atoms with Crippen molar-refractivity contribution in [1.29, 1.82) is 0 Å². The van der Waals surface area contributed by atoms with Crippen LogP contribution in [-0.4, -0.2) is 48.7 Å². The highest BCUT2D eigenvalue weighted by atomic mass is 32.2. The standard InChI is InChI=1S/C21H28N2O4S/c24-20(16-3-1-2-4-16)22-13-15-5-7-17(8-6-15)21(25)23(18-9-10-18)19-11-12-28(26,27)14-19/h5-8,16,18-19H,1-4,9-14H2,(H,22,24). The number of hydrogen-bond acceptors (Lipinski definition) is 4. The molecule has 0 aromatic heterocycles. The Morgan fingerprint density at radius 1 is 0.964 bits per heavy atom. The van der Waals surface area contributed by atoms with Crippen LogP contribution in [0.25, 0.3) is 0 Å². The lowest BCUT2D eigenvalue weighted by Gasteiger charge is -2.28. The molecule has 28 heavy (non-hydrogen) atoms. The maximum atomic E-state index is 13.0. The van der Waals surface area contributed by atoms with Crippen LogP contribution in [0.2, 0.25) is 0 Å². The van der Waals surface area contributed by atoms with Gasteiger partial charge in [0, 0.05) is 30.1 Å². The van der Waals surface area contributed by atoms with Crippen LogP contribution in [0.4, 0.5) is 0 Å². The quantitative estimate of drug-likeness (QED) is 0.788. The Bertz CT molecular complexity index is 840. The molecule has 0 spiro atoms. The minimum atomic E-state index is -3.03. The number of hydrogen-bond donors (Lipinski definition) is 1. The molecule has 3 aliphatic rings. The highest BCUT2D eigenvalue weighted by Crippen LogP contribution is 2.33. The predicted molar refractivity (Wildman–Crippen MR) is 106 cm³/mol. The summed E-state index contributed by atoms with van der Waals surface area (Å²) in [6.45, 7) is 0.469. The van der Waals surface area contributed by atoms with Crippen LogP contribution in [0.5, 0.6) is 0 Å². The summed E-state index contributed by atoms with van der Waals surface area (Å²) in [5, 5.41) is 2.99. The minimum absolute atomic E-state index is 0.0776. The first-order chi connectivity index (χ1) is 13.4. The van der Waals surface area contributed by atoms with Crippen molar-refractivity contribution in [3.63, 3.8) is 0 Å². The number of amides is 2. The SMILES string of the molecule is O=C(NCc1ccc(C(=O)N(C2CC2)C2CCS(=O)(=O)C2)cc1)C1CCCC1. The average Bonchev–Trinajstić information content (AvgIpc) is 3.21. The van der Waals surface area contributed by atoms with Crippen molar-refractivity contribution in [3.05, 3.63) is 35.4 Å². The second-order valence-corrected chi connectivity index (χ2v) is 10.6. The number of carbonyl (C=O) groups is 2. The summed E-state index contributed by atoms with van der Waals surface area (Å²) < 4.78 is 23.7. The van der Waals surface area contributed by atoms with Crippen LogP contribution in [0.3, 0.4) is 0 Å². The number of rotatable bonds is 6. The first-order valence-corrected chi connectivity index (χ1v) is 12.1. The summed E-state index contributed by atoms with van der Waals surface area (Å²) >= 11 is 0. The third-order valence-corrected chi connectivity index (χ3v) is 7.92. The van der Waals surface area contributed by atoms with E-state index in [2.05, 4.69) is 5.32 Å². The molecule has 3 fully saturated rings. The Kier molecular flexibility index (Phi) is 5.45. The lowest BCUT2D eigenvalue weighted by atomic mass is 10.1. The topological polar surface area (TPSA) is 83.6 Å². The van der Waals surface area contributed by atoms with Crippen molar-refractivity contribution < 1.29 is 18.0 Å². The number of nitrogens with zero attached hydrogens (tertiary/aromatic N) is 1. The first-order valence-electron chi connectivity index (χ1n) is 10.3. The molecule has 1 aliphatic heterocycles. The van der Waals surface area contributed by atoms with E-state index in [1.165, 1.54) is 0 Å². The van der Waals surface area contributed by atoms with E-state index in [4.69, 9.17) is 0 Å².